The number of aliphatic hydroxyl groups is 1. The molecule has 3 atom stereocenters. The van der Waals surface area contributed by atoms with Crippen LogP contribution in [0.3, 0.4) is 0 Å². The third kappa shape index (κ3) is 0.816. The van der Waals surface area contributed by atoms with Crippen molar-refractivity contribution in [3.05, 3.63) is 0 Å². The molecule has 0 aromatic rings. The zero-order valence-electron chi connectivity index (χ0n) is 9.05. The topological polar surface area (TPSA) is 29.5 Å². The van der Waals surface area contributed by atoms with Crippen molar-refractivity contribution in [1.29, 1.82) is 0 Å². The number of methoxy groups -OCH3 is 1. The van der Waals surface area contributed by atoms with E-state index in [-0.39, 0.29) is 10.8 Å². The Kier molecular flexibility index (Phi) is 1.67. The van der Waals surface area contributed by atoms with E-state index in [0.717, 1.165) is 12.8 Å². The molecule has 0 spiro atoms. The molecular weight excluding hydrogens is 164 g/mol. The van der Waals surface area contributed by atoms with Crippen LogP contribution in [0.25, 0.3) is 0 Å². The summed E-state index contributed by atoms with van der Waals surface area (Å²) in [5.41, 5.74) is 0.164. The molecule has 2 aliphatic carbocycles. The highest BCUT2D eigenvalue weighted by molar-refractivity contribution is 5.14. The predicted molar refractivity (Wildman–Crippen MR) is 51.2 cm³/mol. The fraction of sp³-hybridized carbons (Fsp3) is 1.00. The Morgan fingerprint density at radius 1 is 1.31 bits per heavy atom. The van der Waals surface area contributed by atoms with E-state index in [9.17, 15) is 5.11 Å². The SMILES string of the molecule is COC1(O)CC2CCC1(C)C2(C)C. The molecule has 2 heteroatoms. The average Bonchev–Trinajstić information content (AvgIpc) is 2.36. The maximum Gasteiger partial charge on any atom is 0.171 e. The number of fused-ring (bicyclic) bond motifs is 2. The first-order valence-corrected chi connectivity index (χ1v) is 5.15. The van der Waals surface area contributed by atoms with Crippen molar-refractivity contribution in [2.45, 2.75) is 45.8 Å². The van der Waals surface area contributed by atoms with Gasteiger partial charge in [-0.2, -0.15) is 0 Å². The highest BCUT2D eigenvalue weighted by atomic mass is 16.6. The molecule has 0 aliphatic heterocycles. The van der Waals surface area contributed by atoms with Crippen LogP contribution in [-0.4, -0.2) is 18.0 Å². The van der Waals surface area contributed by atoms with Crippen LogP contribution in [0.5, 0.6) is 0 Å². The van der Waals surface area contributed by atoms with Crippen LogP contribution in [0.1, 0.15) is 40.0 Å². The van der Waals surface area contributed by atoms with Gasteiger partial charge >= 0.3 is 0 Å². The minimum Gasteiger partial charge on any atom is -0.365 e. The minimum absolute atomic E-state index is 0.0561. The van der Waals surface area contributed by atoms with Crippen molar-refractivity contribution < 1.29 is 9.84 Å². The van der Waals surface area contributed by atoms with Gasteiger partial charge in [-0.15, -0.1) is 0 Å². The largest absolute Gasteiger partial charge is 0.365 e. The number of hydrogen-bond acceptors (Lipinski definition) is 2. The molecule has 0 aromatic carbocycles. The zero-order valence-corrected chi connectivity index (χ0v) is 9.05. The summed E-state index contributed by atoms with van der Waals surface area (Å²) in [4.78, 5) is 0. The molecule has 2 saturated carbocycles. The molecule has 13 heavy (non-hydrogen) atoms. The van der Waals surface area contributed by atoms with Crippen molar-refractivity contribution in [3.8, 4) is 0 Å². The first kappa shape index (κ1) is 9.47. The van der Waals surface area contributed by atoms with Crippen LogP contribution in [-0.2, 0) is 4.74 Å². The average molecular weight is 184 g/mol. The van der Waals surface area contributed by atoms with Crippen molar-refractivity contribution in [3.63, 3.8) is 0 Å². The van der Waals surface area contributed by atoms with Crippen LogP contribution in [0.15, 0.2) is 0 Å². The van der Waals surface area contributed by atoms with Gasteiger partial charge in [0.1, 0.15) is 0 Å². The maximum absolute atomic E-state index is 10.4. The molecule has 0 saturated heterocycles. The van der Waals surface area contributed by atoms with E-state index in [1.54, 1.807) is 7.11 Å². The van der Waals surface area contributed by atoms with Crippen molar-refractivity contribution in [2.75, 3.05) is 7.11 Å². The standard InChI is InChI=1S/C11H20O2/c1-9(2)8-5-6-10(9,3)11(12,7-8)13-4/h8,12H,5-7H2,1-4H3. The first-order chi connectivity index (χ1) is 5.87. The summed E-state index contributed by atoms with van der Waals surface area (Å²) in [6.07, 6.45) is 3.15. The molecule has 2 nitrogen and oxygen atoms in total. The summed E-state index contributed by atoms with van der Waals surface area (Å²) in [5.74, 6) is -0.248. The summed E-state index contributed by atoms with van der Waals surface area (Å²) in [6.45, 7) is 6.70. The van der Waals surface area contributed by atoms with E-state index in [2.05, 4.69) is 20.8 Å². The van der Waals surface area contributed by atoms with Crippen LogP contribution >= 0.6 is 0 Å². The van der Waals surface area contributed by atoms with Gasteiger partial charge in [0.25, 0.3) is 0 Å². The molecule has 0 heterocycles. The Bertz CT molecular complexity index is 236. The number of ether oxygens (including phenoxy) is 1. The molecular formula is C11H20O2. The van der Waals surface area contributed by atoms with E-state index in [4.69, 9.17) is 4.74 Å². The molecule has 2 aliphatic rings. The van der Waals surface area contributed by atoms with Crippen molar-refractivity contribution in [2.24, 2.45) is 16.7 Å². The second-order valence-electron chi connectivity index (χ2n) is 5.48. The maximum atomic E-state index is 10.4. The molecule has 0 amide bonds. The Morgan fingerprint density at radius 3 is 2.15 bits per heavy atom. The molecule has 0 radical (unpaired) electrons. The molecule has 2 rings (SSSR count). The molecule has 2 fully saturated rings. The van der Waals surface area contributed by atoms with Gasteiger partial charge in [-0.3, -0.25) is 0 Å². The Hall–Kier alpha value is -0.0800. The molecule has 76 valence electrons. The summed E-state index contributed by atoms with van der Waals surface area (Å²) in [7, 11) is 1.63. The molecule has 1 N–H and O–H groups in total. The lowest BCUT2D eigenvalue weighted by atomic mass is 9.68. The van der Waals surface area contributed by atoms with Gasteiger partial charge in [-0.25, -0.2) is 0 Å². The van der Waals surface area contributed by atoms with Crippen LogP contribution < -0.4 is 0 Å². The molecule has 2 bridgehead atoms. The van der Waals surface area contributed by atoms with Gasteiger partial charge in [0.2, 0.25) is 0 Å². The smallest absolute Gasteiger partial charge is 0.171 e. The van der Waals surface area contributed by atoms with Gasteiger partial charge in [-0.1, -0.05) is 20.8 Å². The Morgan fingerprint density at radius 2 is 1.92 bits per heavy atom. The summed E-state index contributed by atoms with van der Waals surface area (Å²) >= 11 is 0. The minimum atomic E-state index is -0.876. The number of hydrogen-bond donors (Lipinski definition) is 1. The lowest BCUT2D eigenvalue weighted by Gasteiger charge is -2.43. The lowest BCUT2D eigenvalue weighted by molar-refractivity contribution is -0.259. The van der Waals surface area contributed by atoms with Crippen molar-refractivity contribution >= 4 is 0 Å². The van der Waals surface area contributed by atoms with Gasteiger partial charge in [0.15, 0.2) is 5.79 Å². The second kappa shape index (κ2) is 2.29. The highest BCUT2D eigenvalue weighted by Gasteiger charge is 2.69. The van der Waals surface area contributed by atoms with Crippen LogP contribution in [0, 0.1) is 16.7 Å². The Balaban J connectivity index is 2.44. The fourth-order valence-electron chi connectivity index (χ4n) is 3.52. The zero-order chi connectivity index (χ0) is 9.91. The Labute approximate surface area is 80.3 Å². The highest BCUT2D eigenvalue weighted by Crippen LogP contribution is 2.69. The van der Waals surface area contributed by atoms with Crippen LogP contribution in [0.2, 0.25) is 0 Å². The monoisotopic (exact) mass is 184 g/mol. The van der Waals surface area contributed by atoms with Gasteiger partial charge in [0, 0.05) is 18.9 Å². The normalized spacial score (nSPS) is 52.8. The van der Waals surface area contributed by atoms with Gasteiger partial charge < -0.3 is 9.84 Å². The molecule has 0 aromatic heterocycles. The molecule has 3 unspecified atom stereocenters. The third-order valence-corrected chi connectivity index (χ3v) is 5.16. The number of rotatable bonds is 1. The summed E-state index contributed by atoms with van der Waals surface area (Å²) in [6, 6.07) is 0. The van der Waals surface area contributed by atoms with E-state index in [1.165, 1.54) is 6.42 Å². The van der Waals surface area contributed by atoms with Crippen LogP contribution in [0.4, 0.5) is 0 Å². The quantitative estimate of drug-likeness (QED) is 0.633. The van der Waals surface area contributed by atoms with E-state index in [1.807, 2.05) is 0 Å². The summed E-state index contributed by atoms with van der Waals surface area (Å²) < 4.78 is 5.33. The summed E-state index contributed by atoms with van der Waals surface area (Å²) in [5, 5.41) is 10.4. The fourth-order valence-corrected chi connectivity index (χ4v) is 3.52. The van der Waals surface area contributed by atoms with E-state index < -0.39 is 5.79 Å². The second-order valence-corrected chi connectivity index (χ2v) is 5.48. The lowest BCUT2D eigenvalue weighted by Crippen LogP contribution is -2.48. The van der Waals surface area contributed by atoms with Gasteiger partial charge in [0.05, 0.1) is 0 Å². The third-order valence-electron chi connectivity index (χ3n) is 5.16. The van der Waals surface area contributed by atoms with Gasteiger partial charge in [-0.05, 0) is 24.2 Å². The van der Waals surface area contributed by atoms with Crippen molar-refractivity contribution in [1.82, 2.24) is 0 Å². The first-order valence-electron chi connectivity index (χ1n) is 5.15. The van der Waals surface area contributed by atoms with E-state index in [0.29, 0.717) is 5.92 Å². The predicted octanol–water partition coefficient (Wildman–Crippen LogP) is 2.17. The van der Waals surface area contributed by atoms with E-state index >= 15 is 0 Å².